The van der Waals surface area contributed by atoms with Gasteiger partial charge in [-0.2, -0.15) is 0 Å². The number of para-hydroxylation sites is 1. The first-order valence-corrected chi connectivity index (χ1v) is 7.55. The Labute approximate surface area is 131 Å². The van der Waals surface area contributed by atoms with Gasteiger partial charge in [-0.25, -0.2) is 9.97 Å². The second-order valence-electron chi connectivity index (χ2n) is 5.53. The highest BCUT2D eigenvalue weighted by atomic mass is 16.1. The summed E-state index contributed by atoms with van der Waals surface area (Å²) in [7, 11) is 0. The molecule has 0 atom stereocenters. The van der Waals surface area contributed by atoms with Gasteiger partial charge in [-0.3, -0.25) is 4.79 Å². The molecule has 1 amide bonds. The Morgan fingerprint density at radius 2 is 1.95 bits per heavy atom. The van der Waals surface area contributed by atoms with E-state index in [0.29, 0.717) is 24.0 Å². The fraction of sp³-hybridized carbons (Fsp3) is 0.353. The van der Waals surface area contributed by atoms with Crippen LogP contribution in [0.3, 0.4) is 0 Å². The predicted molar refractivity (Wildman–Crippen MR) is 88.3 cm³/mol. The Morgan fingerprint density at radius 3 is 2.59 bits per heavy atom. The molecule has 0 saturated heterocycles. The minimum atomic E-state index is -0.193. The predicted octanol–water partition coefficient (Wildman–Crippen LogP) is 3.17. The van der Waals surface area contributed by atoms with Crippen molar-refractivity contribution in [3.63, 3.8) is 0 Å². The van der Waals surface area contributed by atoms with Crippen LogP contribution in [-0.2, 0) is 6.42 Å². The van der Waals surface area contributed by atoms with Crippen molar-refractivity contribution in [3.05, 3.63) is 47.9 Å². The van der Waals surface area contributed by atoms with Crippen LogP contribution in [0.15, 0.2) is 36.7 Å². The first kappa shape index (κ1) is 15.9. The lowest BCUT2D eigenvalue weighted by molar-refractivity contribution is 0.0943. The first-order valence-electron chi connectivity index (χ1n) is 7.55. The van der Waals surface area contributed by atoms with Crippen LogP contribution in [0.2, 0.25) is 0 Å². The summed E-state index contributed by atoms with van der Waals surface area (Å²) < 4.78 is 0. The molecule has 1 aromatic heterocycles. The number of benzene rings is 1. The van der Waals surface area contributed by atoms with Gasteiger partial charge in [0.25, 0.3) is 5.91 Å². The number of hydrogen-bond acceptors (Lipinski definition) is 4. The van der Waals surface area contributed by atoms with E-state index in [-0.39, 0.29) is 5.91 Å². The molecule has 0 unspecified atom stereocenters. The summed E-state index contributed by atoms with van der Waals surface area (Å²) in [4.78, 5) is 20.3. The molecule has 0 aliphatic rings. The molecule has 1 aromatic carbocycles. The number of carbonyl (C=O) groups is 1. The summed E-state index contributed by atoms with van der Waals surface area (Å²) in [5.74, 6) is 0.839. The van der Waals surface area contributed by atoms with Crippen LogP contribution in [0.5, 0.6) is 0 Å². The van der Waals surface area contributed by atoms with Gasteiger partial charge in [0.05, 0.1) is 12.4 Å². The number of nitrogens with one attached hydrogen (secondary N) is 2. The van der Waals surface area contributed by atoms with Crippen molar-refractivity contribution in [1.29, 1.82) is 0 Å². The average molecular weight is 298 g/mol. The van der Waals surface area contributed by atoms with Crippen molar-refractivity contribution in [2.75, 3.05) is 11.9 Å². The van der Waals surface area contributed by atoms with Crippen LogP contribution in [0, 0.1) is 5.92 Å². The average Bonchev–Trinajstić information content (AvgIpc) is 2.54. The van der Waals surface area contributed by atoms with Crippen LogP contribution >= 0.6 is 0 Å². The maximum atomic E-state index is 11.9. The molecule has 0 bridgehead atoms. The lowest BCUT2D eigenvalue weighted by Gasteiger charge is -2.10. The van der Waals surface area contributed by atoms with Crippen molar-refractivity contribution < 1.29 is 4.79 Å². The molecular formula is C17H22N4O. The smallest absolute Gasteiger partial charge is 0.271 e. The molecule has 0 aliphatic heterocycles. The van der Waals surface area contributed by atoms with Gasteiger partial charge in [0, 0.05) is 12.2 Å². The zero-order chi connectivity index (χ0) is 15.9. The Bertz CT molecular complexity index is 623. The van der Waals surface area contributed by atoms with Gasteiger partial charge < -0.3 is 10.6 Å². The van der Waals surface area contributed by atoms with Crippen LogP contribution in [0.25, 0.3) is 0 Å². The monoisotopic (exact) mass is 298 g/mol. The number of aryl methyl sites for hydroxylation is 1. The van der Waals surface area contributed by atoms with Crippen molar-refractivity contribution in [2.24, 2.45) is 5.92 Å². The lowest BCUT2D eigenvalue weighted by Crippen LogP contribution is -2.28. The number of rotatable bonds is 6. The summed E-state index contributed by atoms with van der Waals surface area (Å²) >= 11 is 0. The second kappa shape index (κ2) is 7.54. The topological polar surface area (TPSA) is 66.9 Å². The fourth-order valence-electron chi connectivity index (χ4n) is 1.99. The number of nitrogens with zero attached hydrogens (tertiary/aromatic N) is 2. The lowest BCUT2D eigenvalue weighted by atomic mass is 10.1. The second-order valence-corrected chi connectivity index (χ2v) is 5.53. The van der Waals surface area contributed by atoms with Crippen molar-refractivity contribution >= 4 is 17.4 Å². The highest BCUT2D eigenvalue weighted by Gasteiger charge is 2.08. The third-order valence-electron chi connectivity index (χ3n) is 3.22. The highest BCUT2D eigenvalue weighted by molar-refractivity contribution is 5.92. The summed E-state index contributed by atoms with van der Waals surface area (Å²) in [6.45, 7) is 6.83. The molecule has 2 aromatic rings. The summed E-state index contributed by atoms with van der Waals surface area (Å²) in [5.41, 5.74) is 2.55. The summed E-state index contributed by atoms with van der Waals surface area (Å²) in [6, 6.07) is 8.06. The third kappa shape index (κ3) is 4.28. The standard InChI is InChI=1S/C17H22N4O/c1-4-13-7-5-6-8-14(13)21-16-11-18-15(10-19-16)17(22)20-9-12(2)3/h5-8,10-12H,4,9H2,1-3H3,(H,19,21)(H,20,22). The van der Waals surface area contributed by atoms with Crippen molar-refractivity contribution in [2.45, 2.75) is 27.2 Å². The number of aromatic nitrogens is 2. The van der Waals surface area contributed by atoms with Crippen LogP contribution < -0.4 is 10.6 Å². The Morgan fingerprint density at radius 1 is 1.18 bits per heavy atom. The first-order chi connectivity index (χ1) is 10.6. The van der Waals surface area contributed by atoms with Gasteiger partial charge in [0.15, 0.2) is 0 Å². The van der Waals surface area contributed by atoms with E-state index < -0.39 is 0 Å². The molecule has 116 valence electrons. The molecule has 0 radical (unpaired) electrons. The van der Waals surface area contributed by atoms with Crippen molar-refractivity contribution in [3.8, 4) is 0 Å². The Kier molecular flexibility index (Phi) is 5.47. The minimum absolute atomic E-state index is 0.193. The van der Waals surface area contributed by atoms with E-state index >= 15 is 0 Å². The van der Waals surface area contributed by atoms with Gasteiger partial charge in [-0.1, -0.05) is 39.0 Å². The highest BCUT2D eigenvalue weighted by Crippen LogP contribution is 2.19. The molecule has 2 rings (SSSR count). The quantitative estimate of drug-likeness (QED) is 0.859. The third-order valence-corrected chi connectivity index (χ3v) is 3.22. The van der Waals surface area contributed by atoms with E-state index in [1.165, 1.54) is 11.8 Å². The van der Waals surface area contributed by atoms with Gasteiger partial charge in [-0.15, -0.1) is 0 Å². The van der Waals surface area contributed by atoms with E-state index in [1.807, 2.05) is 32.0 Å². The van der Waals surface area contributed by atoms with Crippen molar-refractivity contribution in [1.82, 2.24) is 15.3 Å². The van der Waals surface area contributed by atoms with Gasteiger partial charge >= 0.3 is 0 Å². The van der Waals surface area contributed by atoms with E-state index in [4.69, 9.17) is 0 Å². The molecule has 0 saturated carbocycles. The molecule has 0 aliphatic carbocycles. The maximum Gasteiger partial charge on any atom is 0.271 e. The number of anilines is 2. The van der Waals surface area contributed by atoms with Gasteiger partial charge in [0.2, 0.25) is 0 Å². The van der Waals surface area contributed by atoms with Gasteiger partial charge in [0.1, 0.15) is 11.5 Å². The Balaban J connectivity index is 2.04. The zero-order valence-corrected chi connectivity index (χ0v) is 13.3. The van der Waals surface area contributed by atoms with Crippen LogP contribution in [0.1, 0.15) is 36.8 Å². The fourth-order valence-corrected chi connectivity index (χ4v) is 1.99. The van der Waals surface area contributed by atoms with E-state index in [0.717, 1.165) is 12.1 Å². The van der Waals surface area contributed by atoms with Crippen LogP contribution in [0.4, 0.5) is 11.5 Å². The van der Waals surface area contributed by atoms with Gasteiger partial charge in [-0.05, 0) is 24.0 Å². The van der Waals surface area contributed by atoms with E-state index in [2.05, 4.69) is 33.6 Å². The molecular weight excluding hydrogens is 276 g/mol. The molecule has 0 fully saturated rings. The number of amides is 1. The number of carbonyl (C=O) groups excluding carboxylic acids is 1. The summed E-state index contributed by atoms with van der Waals surface area (Å²) in [6.07, 6.45) is 4.01. The maximum absolute atomic E-state index is 11.9. The van der Waals surface area contributed by atoms with Crippen LogP contribution in [-0.4, -0.2) is 22.4 Å². The summed E-state index contributed by atoms with van der Waals surface area (Å²) in [5, 5.41) is 6.06. The molecule has 1 heterocycles. The van der Waals surface area contributed by atoms with E-state index in [9.17, 15) is 4.79 Å². The zero-order valence-electron chi connectivity index (χ0n) is 13.3. The molecule has 22 heavy (non-hydrogen) atoms. The number of hydrogen-bond donors (Lipinski definition) is 2. The molecule has 5 nitrogen and oxygen atoms in total. The Hall–Kier alpha value is -2.43. The normalized spacial score (nSPS) is 10.5. The molecule has 2 N–H and O–H groups in total. The SMILES string of the molecule is CCc1ccccc1Nc1cnc(C(=O)NCC(C)C)cn1. The largest absolute Gasteiger partial charge is 0.350 e. The molecule has 5 heteroatoms. The van der Waals surface area contributed by atoms with E-state index in [1.54, 1.807) is 6.20 Å². The minimum Gasteiger partial charge on any atom is -0.350 e. The molecule has 0 spiro atoms.